The van der Waals surface area contributed by atoms with Crippen LogP contribution in [0.5, 0.6) is 0 Å². The number of hydrogen-bond acceptors (Lipinski definition) is 4. The Morgan fingerprint density at radius 1 is 1.50 bits per heavy atom. The number of nitrogens with zero attached hydrogens (tertiary/aromatic N) is 1. The lowest BCUT2D eigenvalue weighted by molar-refractivity contribution is 0.0295. The summed E-state index contributed by atoms with van der Waals surface area (Å²) in [6, 6.07) is 0. The Bertz CT molecular complexity index is 370. The van der Waals surface area contributed by atoms with Gasteiger partial charge in [0.25, 0.3) is 0 Å². The summed E-state index contributed by atoms with van der Waals surface area (Å²) in [6.45, 7) is 6.33. The predicted octanol–water partition coefficient (Wildman–Crippen LogP) is 1.67. The molecule has 0 radical (unpaired) electrons. The third kappa shape index (κ3) is 3.66. The molecule has 1 saturated heterocycles. The second kappa shape index (κ2) is 4.24. The fourth-order valence-electron chi connectivity index (χ4n) is 1.59. The maximum atomic E-state index is 11.7. The highest BCUT2D eigenvalue weighted by molar-refractivity contribution is 7.92. The van der Waals surface area contributed by atoms with E-state index in [-0.39, 0.29) is 11.3 Å². The Hall–Kier alpha value is -0.780. The van der Waals surface area contributed by atoms with Crippen LogP contribution in [-0.4, -0.2) is 45.4 Å². The van der Waals surface area contributed by atoms with Crippen molar-refractivity contribution in [2.45, 2.75) is 38.0 Å². The minimum atomic E-state index is -2.56. The van der Waals surface area contributed by atoms with Crippen LogP contribution in [0.15, 0.2) is 0 Å². The van der Waals surface area contributed by atoms with Gasteiger partial charge in [-0.15, -0.1) is 0 Å². The van der Waals surface area contributed by atoms with Gasteiger partial charge in [0, 0.05) is 29.1 Å². The summed E-state index contributed by atoms with van der Waals surface area (Å²) in [4.78, 5) is 13.2. The number of carbonyl (C=O) groups excluding carboxylic acids is 1. The van der Waals surface area contributed by atoms with E-state index in [1.54, 1.807) is 0 Å². The van der Waals surface area contributed by atoms with Crippen molar-refractivity contribution < 1.29 is 13.7 Å². The molecule has 1 rings (SSSR count). The highest BCUT2D eigenvalue weighted by atomic mass is 32.2. The number of nitrogens with one attached hydrogen (secondary N) is 1. The molecule has 1 amide bonds. The summed E-state index contributed by atoms with van der Waals surface area (Å²) in [5.41, 5.74) is -0.510. The fraction of sp³-hybridized carbons (Fsp3) is 0.900. The van der Waals surface area contributed by atoms with E-state index >= 15 is 0 Å². The van der Waals surface area contributed by atoms with Gasteiger partial charge in [0.15, 0.2) is 0 Å². The van der Waals surface area contributed by atoms with Crippen LogP contribution in [0.3, 0.4) is 0 Å². The van der Waals surface area contributed by atoms with Crippen molar-refractivity contribution in [2.24, 2.45) is 0 Å². The number of amides is 1. The van der Waals surface area contributed by atoms with E-state index in [0.717, 1.165) is 0 Å². The molecule has 1 N–H and O–H groups in total. The molecule has 1 fully saturated rings. The third-order valence-electron chi connectivity index (χ3n) is 2.43. The Balaban J connectivity index is 2.57. The van der Waals surface area contributed by atoms with E-state index in [2.05, 4.69) is 0 Å². The highest BCUT2D eigenvalue weighted by Crippen LogP contribution is 2.19. The largest absolute Gasteiger partial charge is 0.444 e. The average molecular weight is 248 g/mol. The molecule has 0 aromatic heterocycles. The number of likely N-dealkylation sites (tertiary alicyclic amines) is 1. The van der Waals surface area contributed by atoms with E-state index in [1.165, 1.54) is 11.2 Å². The summed E-state index contributed by atoms with van der Waals surface area (Å²) in [5.74, 6) is 0. The monoisotopic (exact) mass is 248 g/mol. The molecule has 0 bridgehead atoms. The summed E-state index contributed by atoms with van der Waals surface area (Å²) in [5, 5.41) is -0.222. The van der Waals surface area contributed by atoms with Gasteiger partial charge in [-0.3, -0.25) is 4.78 Å². The van der Waals surface area contributed by atoms with Gasteiger partial charge >= 0.3 is 6.09 Å². The molecule has 0 saturated carbocycles. The average Bonchev–Trinajstić information content (AvgIpc) is 2.46. The summed E-state index contributed by atoms with van der Waals surface area (Å²) >= 11 is 0. The highest BCUT2D eigenvalue weighted by Gasteiger charge is 2.33. The van der Waals surface area contributed by atoms with E-state index in [9.17, 15) is 9.00 Å². The number of rotatable bonds is 1. The Kier molecular flexibility index (Phi) is 3.52. The maximum Gasteiger partial charge on any atom is 0.410 e. The van der Waals surface area contributed by atoms with Gasteiger partial charge in [-0.25, -0.2) is 9.00 Å². The van der Waals surface area contributed by atoms with Gasteiger partial charge in [0.2, 0.25) is 0 Å². The topological polar surface area (TPSA) is 70.5 Å². The third-order valence-corrected chi connectivity index (χ3v) is 4.09. The van der Waals surface area contributed by atoms with Crippen LogP contribution in [0, 0.1) is 4.78 Å². The van der Waals surface area contributed by atoms with Crippen molar-refractivity contribution in [2.75, 3.05) is 19.3 Å². The molecule has 2 atom stereocenters. The van der Waals surface area contributed by atoms with Gasteiger partial charge in [0.05, 0.1) is 5.25 Å². The first-order valence-corrected chi connectivity index (χ1v) is 7.33. The molecule has 6 heteroatoms. The first kappa shape index (κ1) is 13.3. The standard InChI is InChI=1S/C10H20N2O3S/c1-10(2,3)15-9(13)12-6-5-8(7-12)16(4,11)14/h8,11H,5-7H2,1-4H3. The second-order valence-corrected chi connectivity index (χ2v) is 7.72. The van der Waals surface area contributed by atoms with Crippen molar-refractivity contribution in [1.29, 1.82) is 4.78 Å². The van der Waals surface area contributed by atoms with Crippen molar-refractivity contribution in [3.63, 3.8) is 0 Å². The fourth-order valence-corrected chi connectivity index (χ4v) is 2.61. The molecule has 1 aliphatic heterocycles. The maximum absolute atomic E-state index is 11.7. The van der Waals surface area contributed by atoms with Crippen LogP contribution in [0.25, 0.3) is 0 Å². The zero-order valence-corrected chi connectivity index (χ0v) is 11.1. The molecule has 0 spiro atoms. The molecule has 5 nitrogen and oxygen atoms in total. The Morgan fingerprint density at radius 2 is 2.06 bits per heavy atom. The molecule has 94 valence electrons. The van der Waals surface area contributed by atoms with Gasteiger partial charge < -0.3 is 9.64 Å². The molecule has 0 aromatic rings. The quantitative estimate of drug-likeness (QED) is 0.767. The number of carbonyl (C=O) groups is 1. The van der Waals surface area contributed by atoms with Crippen LogP contribution in [-0.2, 0) is 14.5 Å². The molecular weight excluding hydrogens is 228 g/mol. The molecular formula is C10H20N2O3S. The minimum absolute atomic E-state index is 0.222. The zero-order valence-electron chi connectivity index (χ0n) is 10.3. The summed E-state index contributed by atoms with van der Waals surface area (Å²) in [6.07, 6.45) is 1.67. The predicted molar refractivity (Wildman–Crippen MR) is 63.0 cm³/mol. The van der Waals surface area contributed by atoms with Crippen molar-refractivity contribution in [3.05, 3.63) is 0 Å². The van der Waals surface area contributed by atoms with Crippen LogP contribution in [0.1, 0.15) is 27.2 Å². The smallest absolute Gasteiger partial charge is 0.410 e. The first-order chi connectivity index (χ1) is 7.09. The minimum Gasteiger partial charge on any atom is -0.444 e. The molecule has 1 heterocycles. The van der Waals surface area contributed by atoms with Crippen LogP contribution < -0.4 is 0 Å². The number of hydrogen-bond donors (Lipinski definition) is 1. The van der Waals surface area contributed by atoms with E-state index < -0.39 is 15.3 Å². The molecule has 2 unspecified atom stereocenters. The SMILES string of the molecule is CC(C)(C)OC(=O)N1CCC(S(C)(=N)=O)C1. The molecule has 1 aliphatic rings. The van der Waals surface area contributed by atoms with Crippen LogP contribution in [0.2, 0.25) is 0 Å². The normalized spacial score (nSPS) is 25.2. The van der Waals surface area contributed by atoms with Crippen molar-refractivity contribution in [3.8, 4) is 0 Å². The van der Waals surface area contributed by atoms with Gasteiger partial charge in [-0.05, 0) is 27.2 Å². The van der Waals surface area contributed by atoms with E-state index in [4.69, 9.17) is 9.52 Å². The molecule has 0 aromatic carbocycles. The van der Waals surface area contributed by atoms with E-state index in [1.807, 2.05) is 20.8 Å². The van der Waals surface area contributed by atoms with Gasteiger partial charge in [0.1, 0.15) is 5.60 Å². The lowest BCUT2D eigenvalue weighted by Gasteiger charge is -2.24. The van der Waals surface area contributed by atoms with Crippen molar-refractivity contribution in [1.82, 2.24) is 4.90 Å². The van der Waals surface area contributed by atoms with Gasteiger partial charge in [-0.2, -0.15) is 0 Å². The van der Waals surface area contributed by atoms with Crippen LogP contribution >= 0.6 is 0 Å². The zero-order chi connectivity index (χ0) is 12.6. The molecule has 16 heavy (non-hydrogen) atoms. The van der Waals surface area contributed by atoms with Crippen molar-refractivity contribution >= 4 is 15.8 Å². The summed E-state index contributed by atoms with van der Waals surface area (Å²) in [7, 11) is -2.56. The Labute approximate surface area is 97.1 Å². The lowest BCUT2D eigenvalue weighted by Crippen LogP contribution is -2.36. The second-order valence-electron chi connectivity index (χ2n) is 5.24. The van der Waals surface area contributed by atoms with Crippen LogP contribution in [0.4, 0.5) is 4.79 Å². The first-order valence-electron chi connectivity index (χ1n) is 5.30. The number of ether oxygens (including phenoxy) is 1. The Morgan fingerprint density at radius 3 is 2.44 bits per heavy atom. The molecule has 0 aliphatic carbocycles. The summed E-state index contributed by atoms with van der Waals surface area (Å²) < 4.78 is 24.2. The lowest BCUT2D eigenvalue weighted by atomic mass is 10.2. The van der Waals surface area contributed by atoms with Gasteiger partial charge in [-0.1, -0.05) is 0 Å². The van der Waals surface area contributed by atoms with E-state index in [0.29, 0.717) is 19.5 Å².